The molecule has 96 valence electrons. The molecule has 3 aromatic rings. The molecule has 0 spiro atoms. The Morgan fingerprint density at radius 2 is 2.16 bits per heavy atom. The Morgan fingerprint density at radius 3 is 2.89 bits per heavy atom. The van der Waals surface area contributed by atoms with Gasteiger partial charge in [-0.05, 0) is 35.0 Å². The number of anilines is 1. The highest BCUT2D eigenvalue weighted by atomic mass is 79.9. The first-order chi connectivity index (χ1) is 9.06. The Hall–Kier alpha value is -2.02. The molecule has 0 bridgehead atoms. The van der Waals surface area contributed by atoms with Crippen LogP contribution in [0.5, 0.6) is 0 Å². The highest BCUT2D eigenvalue weighted by Gasteiger charge is 2.13. The van der Waals surface area contributed by atoms with Crippen molar-refractivity contribution in [2.45, 2.75) is 6.92 Å². The molecule has 2 N–H and O–H groups in total. The third-order valence-corrected chi connectivity index (χ3v) is 3.39. The van der Waals surface area contributed by atoms with E-state index in [2.05, 4.69) is 31.0 Å². The minimum Gasteiger partial charge on any atom is -0.368 e. The average Bonchev–Trinajstić information content (AvgIpc) is 2.68. The van der Waals surface area contributed by atoms with Gasteiger partial charge in [-0.1, -0.05) is 0 Å². The Kier molecular flexibility index (Phi) is 2.70. The van der Waals surface area contributed by atoms with Crippen LogP contribution in [0.1, 0.15) is 5.69 Å². The topological polar surface area (TPSA) is 69.6 Å². The first-order valence-electron chi connectivity index (χ1n) is 5.49. The molecule has 2 heterocycles. The summed E-state index contributed by atoms with van der Waals surface area (Å²) in [6, 6.07) is 4.81. The number of hydrogen-bond acceptors (Lipinski definition) is 4. The molecular weight excluding hydrogens is 313 g/mol. The smallest absolute Gasteiger partial charge is 0.221 e. The molecule has 0 amide bonds. The number of rotatable bonds is 1. The minimum absolute atomic E-state index is 0.167. The number of aromatic nitrogens is 4. The van der Waals surface area contributed by atoms with Crippen LogP contribution in [-0.2, 0) is 0 Å². The van der Waals surface area contributed by atoms with Crippen LogP contribution in [0.4, 0.5) is 10.3 Å². The maximum absolute atomic E-state index is 13.6. The number of hydrogen-bond donors (Lipinski definition) is 1. The summed E-state index contributed by atoms with van der Waals surface area (Å²) in [5.41, 5.74) is 7.04. The van der Waals surface area contributed by atoms with Crippen LogP contribution in [0.3, 0.4) is 0 Å². The third-order valence-electron chi connectivity index (χ3n) is 2.78. The van der Waals surface area contributed by atoms with Crippen LogP contribution in [0.2, 0.25) is 0 Å². The van der Waals surface area contributed by atoms with E-state index < -0.39 is 0 Å². The Balaban J connectivity index is 2.33. The molecule has 0 unspecified atom stereocenters. The standard InChI is InChI=1S/C12H9BrFN5/c1-6-7-4-9(14)8(13)5-10(7)19(18-6)11-2-3-16-12(15)17-11/h2-5H,1H3,(H2,15,16,17). The van der Waals surface area contributed by atoms with Crippen LogP contribution in [0.25, 0.3) is 16.7 Å². The predicted octanol–water partition coefficient (Wildman–Crippen LogP) is 2.61. The molecule has 7 heteroatoms. The SMILES string of the molecule is Cc1nn(-c2ccnc(N)n2)c2cc(Br)c(F)cc12. The van der Waals surface area contributed by atoms with Crippen LogP contribution in [-0.4, -0.2) is 19.7 Å². The first-order valence-corrected chi connectivity index (χ1v) is 6.29. The molecule has 0 aliphatic heterocycles. The number of benzene rings is 1. The number of nitrogens with two attached hydrogens (primary N) is 1. The number of aryl methyl sites for hydroxylation is 1. The lowest BCUT2D eigenvalue weighted by molar-refractivity contribution is 0.623. The van der Waals surface area contributed by atoms with E-state index in [1.165, 1.54) is 6.07 Å². The van der Waals surface area contributed by atoms with Crippen molar-refractivity contribution in [3.05, 3.63) is 40.4 Å². The van der Waals surface area contributed by atoms with Gasteiger partial charge < -0.3 is 5.73 Å². The van der Waals surface area contributed by atoms with Gasteiger partial charge in [0.25, 0.3) is 0 Å². The largest absolute Gasteiger partial charge is 0.368 e. The molecule has 0 saturated carbocycles. The second-order valence-corrected chi connectivity index (χ2v) is 4.91. The van der Waals surface area contributed by atoms with Gasteiger partial charge >= 0.3 is 0 Å². The zero-order valence-corrected chi connectivity index (χ0v) is 11.5. The second-order valence-electron chi connectivity index (χ2n) is 4.05. The maximum Gasteiger partial charge on any atom is 0.221 e. The van der Waals surface area contributed by atoms with Crippen molar-refractivity contribution in [3.63, 3.8) is 0 Å². The van der Waals surface area contributed by atoms with Crippen molar-refractivity contribution in [2.24, 2.45) is 0 Å². The molecule has 0 aliphatic carbocycles. The van der Waals surface area contributed by atoms with E-state index in [1.54, 1.807) is 23.0 Å². The second kappa shape index (κ2) is 4.27. The van der Waals surface area contributed by atoms with E-state index in [0.717, 1.165) is 16.6 Å². The summed E-state index contributed by atoms with van der Waals surface area (Å²) in [5.74, 6) is 0.390. The van der Waals surface area contributed by atoms with Gasteiger partial charge in [0.1, 0.15) is 5.82 Å². The van der Waals surface area contributed by atoms with Gasteiger partial charge in [-0.3, -0.25) is 0 Å². The fraction of sp³-hybridized carbons (Fsp3) is 0.0833. The van der Waals surface area contributed by atoms with Crippen molar-refractivity contribution in [3.8, 4) is 5.82 Å². The lowest BCUT2D eigenvalue weighted by atomic mass is 10.2. The summed E-state index contributed by atoms with van der Waals surface area (Å²) in [5, 5.41) is 5.10. The lowest BCUT2D eigenvalue weighted by Gasteiger charge is -2.03. The fourth-order valence-electron chi connectivity index (χ4n) is 1.92. The molecule has 0 radical (unpaired) electrons. The van der Waals surface area contributed by atoms with Gasteiger partial charge in [0, 0.05) is 17.6 Å². The Morgan fingerprint density at radius 1 is 1.37 bits per heavy atom. The predicted molar refractivity (Wildman–Crippen MR) is 73.5 cm³/mol. The van der Waals surface area contributed by atoms with Crippen LogP contribution >= 0.6 is 15.9 Å². The highest BCUT2D eigenvalue weighted by Crippen LogP contribution is 2.27. The monoisotopic (exact) mass is 321 g/mol. The Labute approximate surface area is 116 Å². The number of halogens is 2. The molecule has 19 heavy (non-hydrogen) atoms. The van der Waals surface area contributed by atoms with Crippen molar-refractivity contribution < 1.29 is 4.39 Å². The Bertz CT molecular complexity index is 783. The molecule has 5 nitrogen and oxygen atoms in total. The van der Waals surface area contributed by atoms with Crippen molar-refractivity contribution in [1.29, 1.82) is 0 Å². The molecule has 0 fully saturated rings. The van der Waals surface area contributed by atoms with Crippen molar-refractivity contribution in [2.75, 3.05) is 5.73 Å². The summed E-state index contributed by atoms with van der Waals surface area (Å²) >= 11 is 3.17. The minimum atomic E-state index is -0.322. The lowest BCUT2D eigenvalue weighted by Crippen LogP contribution is -2.03. The van der Waals surface area contributed by atoms with Gasteiger partial charge in [-0.25, -0.2) is 14.1 Å². The number of nitrogen functional groups attached to an aromatic ring is 1. The quantitative estimate of drug-likeness (QED) is 0.748. The van der Waals surface area contributed by atoms with E-state index in [-0.39, 0.29) is 11.8 Å². The van der Waals surface area contributed by atoms with Crippen LogP contribution in [0.15, 0.2) is 28.9 Å². The maximum atomic E-state index is 13.6. The molecule has 0 saturated heterocycles. The molecule has 0 atom stereocenters. The van der Waals surface area contributed by atoms with Gasteiger partial charge in [0.15, 0.2) is 5.82 Å². The van der Waals surface area contributed by atoms with E-state index in [4.69, 9.17) is 5.73 Å². The van der Waals surface area contributed by atoms with E-state index in [1.807, 2.05) is 6.92 Å². The highest BCUT2D eigenvalue weighted by molar-refractivity contribution is 9.10. The summed E-state index contributed by atoms with van der Waals surface area (Å²) in [6.45, 7) is 1.82. The third kappa shape index (κ3) is 1.95. The van der Waals surface area contributed by atoms with Crippen LogP contribution in [0, 0.1) is 12.7 Å². The molecule has 3 rings (SSSR count). The van der Waals surface area contributed by atoms with Gasteiger partial charge in [-0.2, -0.15) is 10.1 Å². The average molecular weight is 322 g/mol. The van der Waals surface area contributed by atoms with Crippen LogP contribution < -0.4 is 5.73 Å². The van der Waals surface area contributed by atoms with Crippen molar-refractivity contribution >= 4 is 32.8 Å². The van der Waals surface area contributed by atoms with E-state index in [9.17, 15) is 4.39 Å². The summed E-state index contributed by atoms with van der Waals surface area (Å²) in [7, 11) is 0. The molecular formula is C12H9BrFN5. The van der Waals surface area contributed by atoms with E-state index in [0.29, 0.717) is 10.3 Å². The van der Waals surface area contributed by atoms with Crippen molar-refractivity contribution in [1.82, 2.24) is 19.7 Å². The first kappa shape index (κ1) is 12.0. The molecule has 0 aliphatic rings. The molecule has 1 aromatic carbocycles. The summed E-state index contributed by atoms with van der Waals surface area (Å²) in [4.78, 5) is 7.96. The summed E-state index contributed by atoms with van der Waals surface area (Å²) in [6.07, 6.45) is 1.55. The number of fused-ring (bicyclic) bond motifs is 1. The zero-order chi connectivity index (χ0) is 13.6. The normalized spacial score (nSPS) is 11.1. The summed E-state index contributed by atoms with van der Waals surface area (Å²) < 4.78 is 15.6. The van der Waals surface area contributed by atoms with Gasteiger partial charge in [-0.15, -0.1) is 0 Å². The fourth-order valence-corrected chi connectivity index (χ4v) is 2.25. The number of nitrogens with zero attached hydrogens (tertiary/aromatic N) is 4. The molecule has 2 aromatic heterocycles. The van der Waals surface area contributed by atoms with Gasteiger partial charge in [0.05, 0.1) is 15.7 Å². The van der Waals surface area contributed by atoms with E-state index >= 15 is 0 Å². The van der Waals surface area contributed by atoms with Gasteiger partial charge in [0.2, 0.25) is 5.95 Å². The zero-order valence-electron chi connectivity index (χ0n) is 9.93.